The van der Waals surface area contributed by atoms with Crippen LogP contribution in [0, 0.1) is 0 Å². The minimum absolute atomic E-state index is 0.102. The lowest BCUT2D eigenvalue weighted by Crippen LogP contribution is -2.15. The van der Waals surface area contributed by atoms with Crippen molar-refractivity contribution in [1.82, 2.24) is 0 Å². The Bertz CT molecular complexity index is 692. The number of phenols is 2. The van der Waals surface area contributed by atoms with Crippen molar-refractivity contribution < 1.29 is 29.7 Å². The molecule has 0 saturated heterocycles. The highest BCUT2D eigenvalue weighted by molar-refractivity contribution is 7.60. The van der Waals surface area contributed by atoms with E-state index in [2.05, 4.69) is 0 Å². The van der Waals surface area contributed by atoms with Gasteiger partial charge in [-0.25, -0.2) is 0 Å². The zero-order valence-electron chi connectivity index (χ0n) is 11.6. The predicted molar refractivity (Wildman–Crippen MR) is 81.2 cm³/mol. The van der Waals surface area contributed by atoms with Crippen LogP contribution in [-0.4, -0.2) is 25.1 Å². The second-order valence-corrected chi connectivity index (χ2v) is 6.58. The van der Waals surface area contributed by atoms with Gasteiger partial charge in [-0.3, -0.25) is 4.57 Å². The monoisotopic (exact) mass is 324 g/mol. The summed E-state index contributed by atoms with van der Waals surface area (Å²) in [5.41, 5.74) is 0.985. The molecule has 7 heteroatoms. The molecule has 0 saturated carbocycles. The van der Waals surface area contributed by atoms with Crippen molar-refractivity contribution in [3.63, 3.8) is 0 Å². The second-order valence-electron chi connectivity index (χ2n) is 5.01. The average molecular weight is 324 g/mol. The van der Waals surface area contributed by atoms with Gasteiger partial charge in [0.1, 0.15) is 11.5 Å². The van der Waals surface area contributed by atoms with Gasteiger partial charge in [-0.15, -0.1) is 0 Å². The molecule has 0 bridgehead atoms. The van der Waals surface area contributed by atoms with Gasteiger partial charge in [-0.05, 0) is 48.2 Å². The van der Waals surface area contributed by atoms with Crippen molar-refractivity contribution in [1.29, 1.82) is 0 Å². The minimum Gasteiger partial charge on any atom is -0.508 e. The molecule has 118 valence electrons. The normalized spacial score (nSPS) is 13.0. The lowest BCUT2D eigenvalue weighted by atomic mass is 10.0. The molecule has 5 N–H and O–H groups in total. The molecule has 0 aromatic heterocycles. The van der Waals surface area contributed by atoms with Gasteiger partial charge in [0.15, 0.2) is 0 Å². The van der Waals surface area contributed by atoms with Crippen LogP contribution in [0.5, 0.6) is 11.5 Å². The molecule has 6 nitrogen and oxygen atoms in total. The maximum absolute atomic E-state index is 11.5. The van der Waals surface area contributed by atoms with E-state index in [-0.39, 0.29) is 28.8 Å². The molecule has 0 radical (unpaired) electrons. The van der Waals surface area contributed by atoms with Gasteiger partial charge in [-0.1, -0.05) is 18.2 Å². The van der Waals surface area contributed by atoms with Crippen molar-refractivity contribution in [2.24, 2.45) is 0 Å². The van der Waals surface area contributed by atoms with E-state index in [9.17, 15) is 29.7 Å². The van der Waals surface area contributed by atoms with Crippen molar-refractivity contribution >= 4 is 12.9 Å². The Hall–Kier alpha value is -1.85. The number of hydrogen-bond donors (Lipinski definition) is 5. The van der Waals surface area contributed by atoms with E-state index in [1.165, 1.54) is 24.3 Å². The summed E-state index contributed by atoms with van der Waals surface area (Å²) < 4.78 is 11.5. The summed E-state index contributed by atoms with van der Waals surface area (Å²) in [5.74, 6) is -0.126. The fraction of sp³-hybridized carbons (Fsp3) is 0.200. The molecule has 1 atom stereocenters. The highest BCUT2D eigenvalue weighted by atomic mass is 31.2. The first-order valence-corrected chi connectivity index (χ1v) is 8.23. The van der Waals surface area contributed by atoms with Crippen LogP contribution in [0.1, 0.15) is 23.7 Å². The van der Waals surface area contributed by atoms with E-state index < -0.39 is 13.7 Å². The van der Waals surface area contributed by atoms with Gasteiger partial charge < -0.3 is 25.1 Å². The number of hydrogen-bond acceptors (Lipinski definition) is 4. The molecule has 0 amide bonds. The van der Waals surface area contributed by atoms with Crippen LogP contribution in [0.25, 0.3) is 0 Å². The fourth-order valence-electron chi connectivity index (χ4n) is 2.19. The third-order valence-electron chi connectivity index (χ3n) is 3.33. The molecule has 2 aromatic rings. The first-order valence-electron chi connectivity index (χ1n) is 6.62. The summed E-state index contributed by atoms with van der Waals surface area (Å²) in [6.07, 6.45) is -0.345. The van der Waals surface area contributed by atoms with Crippen LogP contribution in [0.4, 0.5) is 0 Å². The molecule has 0 spiro atoms. The van der Waals surface area contributed by atoms with Crippen molar-refractivity contribution in [3.05, 3.63) is 53.6 Å². The topological polar surface area (TPSA) is 118 Å². The molecule has 0 aliphatic rings. The third-order valence-corrected chi connectivity index (χ3v) is 4.34. The number of aromatic hydroxyl groups is 2. The van der Waals surface area contributed by atoms with Crippen LogP contribution >= 0.6 is 7.60 Å². The van der Waals surface area contributed by atoms with Gasteiger partial charge >= 0.3 is 7.60 Å². The fourth-order valence-corrected chi connectivity index (χ4v) is 3.05. The van der Waals surface area contributed by atoms with Crippen molar-refractivity contribution in [3.8, 4) is 11.5 Å². The molecule has 2 aromatic carbocycles. The van der Waals surface area contributed by atoms with E-state index >= 15 is 0 Å². The molecule has 0 aliphatic heterocycles. The van der Waals surface area contributed by atoms with Crippen LogP contribution in [0.3, 0.4) is 0 Å². The van der Waals surface area contributed by atoms with E-state index in [1.807, 2.05) is 0 Å². The van der Waals surface area contributed by atoms with Gasteiger partial charge in [0.2, 0.25) is 0 Å². The summed E-state index contributed by atoms with van der Waals surface area (Å²) >= 11 is 0. The number of aliphatic hydroxyl groups excluding tert-OH is 1. The second kappa shape index (κ2) is 6.50. The highest BCUT2D eigenvalue weighted by Gasteiger charge is 2.25. The largest absolute Gasteiger partial charge is 0.508 e. The molecule has 0 fully saturated rings. The first kappa shape index (κ1) is 16.5. The van der Waals surface area contributed by atoms with E-state index in [0.717, 1.165) is 11.6 Å². The Balaban J connectivity index is 2.17. The van der Waals surface area contributed by atoms with Crippen molar-refractivity contribution in [2.75, 3.05) is 0 Å². The summed E-state index contributed by atoms with van der Waals surface area (Å²) in [6.45, 7) is 0. The lowest BCUT2D eigenvalue weighted by molar-refractivity contribution is 0.168. The summed E-state index contributed by atoms with van der Waals surface area (Å²) in [5, 5.41) is 28.4. The Morgan fingerprint density at radius 3 is 2.14 bits per heavy atom. The summed E-state index contributed by atoms with van der Waals surface area (Å²) in [4.78, 5) is 18.6. The van der Waals surface area contributed by atoms with Crippen LogP contribution < -0.4 is 5.30 Å². The van der Waals surface area contributed by atoms with E-state index in [4.69, 9.17) is 0 Å². The SMILES string of the molecule is O=P(O)(O)c1cc(O)ccc1C(O)CCc1ccc(O)cc1. The predicted octanol–water partition coefficient (Wildman–Crippen LogP) is 1.57. The van der Waals surface area contributed by atoms with Crippen LogP contribution in [0.2, 0.25) is 0 Å². The average Bonchev–Trinajstić information content (AvgIpc) is 2.45. The number of aliphatic hydroxyl groups is 1. The molecule has 22 heavy (non-hydrogen) atoms. The summed E-state index contributed by atoms with van der Waals surface area (Å²) in [7, 11) is -4.59. The number of benzene rings is 2. The maximum atomic E-state index is 11.5. The zero-order chi connectivity index (χ0) is 16.3. The Kier molecular flexibility index (Phi) is 4.88. The van der Waals surface area contributed by atoms with Crippen LogP contribution in [0.15, 0.2) is 42.5 Å². The number of rotatable bonds is 5. The molecular formula is C15H17O6P. The molecule has 0 aliphatic carbocycles. The smallest absolute Gasteiger partial charge is 0.356 e. The molecule has 0 heterocycles. The van der Waals surface area contributed by atoms with E-state index in [1.54, 1.807) is 12.1 Å². The molecule has 2 rings (SSSR count). The first-order chi connectivity index (χ1) is 10.3. The number of aryl methyl sites for hydroxylation is 1. The number of phenolic OH excluding ortho intramolecular Hbond substituents is 2. The summed E-state index contributed by atoms with van der Waals surface area (Å²) in [6, 6.07) is 10.0. The standard InChI is InChI=1S/C15H17O6P/c16-11-4-1-10(2-5-11)3-8-14(18)13-7-6-12(17)9-15(13)22(19,20)21/h1-2,4-7,9,14,16-18H,3,8H2,(H2,19,20,21). The Labute approximate surface area is 127 Å². The molecule has 1 unspecified atom stereocenters. The van der Waals surface area contributed by atoms with Gasteiger partial charge in [-0.2, -0.15) is 0 Å². The quantitative estimate of drug-likeness (QED) is 0.533. The van der Waals surface area contributed by atoms with Gasteiger partial charge in [0.05, 0.1) is 11.4 Å². The van der Waals surface area contributed by atoms with E-state index in [0.29, 0.717) is 6.42 Å². The zero-order valence-corrected chi connectivity index (χ0v) is 12.5. The minimum atomic E-state index is -4.59. The van der Waals surface area contributed by atoms with Gasteiger partial charge in [0, 0.05) is 0 Å². The van der Waals surface area contributed by atoms with Crippen molar-refractivity contribution in [2.45, 2.75) is 18.9 Å². The molecular weight excluding hydrogens is 307 g/mol. The highest BCUT2D eigenvalue weighted by Crippen LogP contribution is 2.38. The Morgan fingerprint density at radius 1 is 0.955 bits per heavy atom. The van der Waals surface area contributed by atoms with Gasteiger partial charge in [0.25, 0.3) is 0 Å². The van der Waals surface area contributed by atoms with Crippen LogP contribution in [-0.2, 0) is 11.0 Å². The third kappa shape index (κ3) is 4.08. The Morgan fingerprint density at radius 2 is 1.55 bits per heavy atom. The lowest BCUT2D eigenvalue weighted by Gasteiger charge is -2.16. The maximum Gasteiger partial charge on any atom is 0.356 e.